The summed E-state index contributed by atoms with van der Waals surface area (Å²) in [5.41, 5.74) is 1.23. The molecule has 3 heteroatoms. The molecule has 1 aromatic rings. The van der Waals surface area contributed by atoms with E-state index in [1.807, 2.05) is 18.2 Å². The van der Waals surface area contributed by atoms with E-state index in [0.29, 0.717) is 17.9 Å². The average molecular weight is 286 g/mol. The number of hydrogen-bond donors (Lipinski definition) is 1. The van der Waals surface area contributed by atoms with E-state index < -0.39 is 0 Å². The molecule has 1 amide bonds. The van der Waals surface area contributed by atoms with Crippen LogP contribution >= 0.6 is 0 Å². The molecule has 114 valence electrons. The standard InChI is InChI=1S/C18H26N2O/c1-12(2)17-19-16(11-14-7-5-4-6-8-14)18(21)20(17)15-9-13(3)10-15/h4-8,12-13,15-17,19H,9-11H2,1-3H3. The Hall–Kier alpha value is -1.35. The molecule has 2 fully saturated rings. The molecule has 1 aliphatic heterocycles. The Morgan fingerprint density at radius 1 is 1.24 bits per heavy atom. The van der Waals surface area contributed by atoms with Crippen molar-refractivity contribution in [1.82, 2.24) is 10.2 Å². The molecule has 0 radical (unpaired) electrons. The summed E-state index contributed by atoms with van der Waals surface area (Å²) in [4.78, 5) is 15.0. The largest absolute Gasteiger partial charge is 0.323 e. The van der Waals surface area contributed by atoms with Crippen molar-refractivity contribution in [1.29, 1.82) is 0 Å². The second kappa shape index (κ2) is 5.80. The second-order valence-electron chi connectivity index (χ2n) is 7.07. The number of hydrogen-bond acceptors (Lipinski definition) is 2. The first-order valence-electron chi connectivity index (χ1n) is 8.18. The molecule has 1 heterocycles. The minimum absolute atomic E-state index is 0.0595. The van der Waals surface area contributed by atoms with Crippen molar-refractivity contribution in [2.45, 2.75) is 58.3 Å². The van der Waals surface area contributed by atoms with Gasteiger partial charge in [-0.2, -0.15) is 0 Å². The molecule has 3 rings (SSSR count). The maximum atomic E-state index is 12.8. The number of carbonyl (C=O) groups excluding carboxylic acids is 1. The highest BCUT2D eigenvalue weighted by Gasteiger charge is 2.46. The van der Waals surface area contributed by atoms with Crippen molar-refractivity contribution in [3.05, 3.63) is 35.9 Å². The predicted octanol–water partition coefficient (Wildman–Crippen LogP) is 2.81. The van der Waals surface area contributed by atoms with Gasteiger partial charge in [-0.05, 0) is 36.7 Å². The van der Waals surface area contributed by atoms with Crippen molar-refractivity contribution in [3.8, 4) is 0 Å². The van der Waals surface area contributed by atoms with Gasteiger partial charge in [0.25, 0.3) is 0 Å². The number of nitrogens with zero attached hydrogens (tertiary/aromatic N) is 1. The molecule has 0 spiro atoms. The molecule has 1 aliphatic carbocycles. The fraction of sp³-hybridized carbons (Fsp3) is 0.611. The van der Waals surface area contributed by atoms with Gasteiger partial charge in [-0.1, -0.05) is 51.1 Å². The molecular formula is C18H26N2O. The van der Waals surface area contributed by atoms with E-state index in [0.717, 1.165) is 25.2 Å². The normalized spacial score (nSPS) is 32.6. The average Bonchev–Trinajstić information content (AvgIpc) is 2.74. The highest BCUT2D eigenvalue weighted by Crippen LogP contribution is 2.35. The van der Waals surface area contributed by atoms with Crippen LogP contribution in [-0.4, -0.2) is 29.1 Å². The van der Waals surface area contributed by atoms with E-state index in [2.05, 4.69) is 43.1 Å². The van der Waals surface area contributed by atoms with E-state index in [4.69, 9.17) is 0 Å². The molecule has 0 bridgehead atoms. The van der Waals surface area contributed by atoms with E-state index in [9.17, 15) is 4.79 Å². The van der Waals surface area contributed by atoms with Crippen LogP contribution in [0.1, 0.15) is 39.2 Å². The molecule has 2 unspecified atom stereocenters. The first-order valence-corrected chi connectivity index (χ1v) is 8.18. The number of rotatable bonds is 4. The Kier molecular flexibility index (Phi) is 4.03. The topological polar surface area (TPSA) is 32.3 Å². The lowest BCUT2D eigenvalue weighted by atomic mass is 9.80. The Balaban J connectivity index is 1.73. The van der Waals surface area contributed by atoms with Crippen LogP contribution in [0.3, 0.4) is 0 Å². The highest BCUT2D eigenvalue weighted by molar-refractivity contribution is 5.85. The third kappa shape index (κ3) is 2.84. The van der Waals surface area contributed by atoms with E-state index in [-0.39, 0.29) is 12.2 Å². The smallest absolute Gasteiger partial charge is 0.241 e. The van der Waals surface area contributed by atoms with Crippen molar-refractivity contribution >= 4 is 5.91 Å². The van der Waals surface area contributed by atoms with E-state index in [1.165, 1.54) is 5.56 Å². The van der Waals surface area contributed by atoms with Crippen LogP contribution in [0, 0.1) is 11.8 Å². The van der Waals surface area contributed by atoms with Gasteiger partial charge in [-0.25, -0.2) is 0 Å². The number of nitrogens with one attached hydrogen (secondary N) is 1. The van der Waals surface area contributed by atoms with E-state index >= 15 is 0 Å². The Morgan fingerprint density at radius 2 is 1.90 bits per heavy atom. The molecule has 1 saturated carbocycles. The lowest BCUT2D eigenvalue weighted by Crippen LogP contribution is -2.52. The van der Waals surface area contributed by atoms with Gasteiger partial charge in [0.15, 0.2) is 0 Å². The molecule has 1 saturated heterocycles. The SMILES string of the molecule is CC1CC(N2C(=O)C(Cc3ccccc3)NC2C(C)C)C1. The number of amides is 1. The van der Waals surface area contributed by atoms with Crippen LogP contribution in [0.4, 0.5) is 0 Å². The first-order chi connectivity index (χ1) is 10.1. The number of carbonyl (C=O) groups is 1. The summed E-state index contributed by atoms with van der Waals surface area (Å²) < 4.78 is 0. The van der Waals surface area contributed by atoms with Crippen LogP contribution in [0.5, 0.6) is 0 Å². The maximum Gasteiger partial charge on any atom is 0.241 e. The summed E-state index contributed by atoms with van der Waals surface area (Å²) in [6.45, 7) is 6.67. The monoisotopic (exact) mass is 286 g/mol. The molecule has 1 aromatic carbocycles. The molecule has 21 heavy (non-hydrogen) atoms. The van der Waals surface area contributed by atoms with Crippen LogP contribution < -0.4 is 5.32 Å². The summed E-state index contributed by atoms with van der Waals surface area (Å²) >= 11 is 0. The van der Waals surface area contributed by atoms with Crippen LogP contribution in [0.25, 0.3) is 0 Å². The number of benzene rings is 1. The third-order valence-electron chi connectivity index (χ3n) is 4.88. The van der Waals surface area contributed by atoms with Gasteiger partial charge in [0.2, 0.25) is 5.91 Å². The van der Waals surface area contributed by atoms with Gasteiger partial charge < -0.3 is 4.90 Å². The van der Waals surface area contributed by atoms with Crippen molar-refractivity contribution < 1.29 is 4.79 Å². The lowest BCUT2D eigenvalue weighted by molar-refractivity contribution is -0.135. The van der Waals surface area contributed by atoms with Gasteiger partial charge in [0, 0.05) is 6.04 Å². The van der Waals surface area contributed by atoms with Crippen molar-refractivity contribution in [3.63, 3.8) is 0 Å². The Morgan fingerprint density at radius 3 is 2.48 bits per heavy atom. The van der Waals surface area contributed by atoms with Gasteiger partial charge >= 0.3 is 0 Å². The third-order valence-corrected chi connectivity index (χ3v) is 4.88. The summed E-state index contributed by atoms with van der Waals surface area (Å²) in [7, 11) is 0. The molecule has 2 atom stereocenters. The summed E-state index contributed by atoms with van der Waals surface area (Å²) in [6.07, 6.45) is 3.31. The Labute approximate surface area is 127 Å². The molecule has 0 aromatic heterocycles. The van der Waals surface area contributed by atoms with Gasteiger partial charge in [-0.15, -0.1) is 0 Å². The zero-order valence-corrected chi connectivity index (χ0v) is 13.3. The van der Waals surface area contributed by atoms with Crippen LogP contribution in [0.2, 0.25) is 0 Å². The maximum absolute atomic E-state index is 12.8. The minimum Gasteiger partial charge on any atom is -0.323 e. The molecule has 1 N–H and O–H groups in total. The highest BCUT2D eigenvalue weighted by atomic mass is 16.2. The summed E-state index contributed by atoms with van der Waals surface area (Å²) in [6, 6.07) is 10.7. The molecule has 2 aliphatic rings. The van der Waals surface area contributed by atoms with Gasteiger partial charge in [0.1, 0.15) is 0 Å². The first kappa shape index (κ1) is 14.6. The quantitative estimate of drug-likeness (QED) is 0.923. The molecular weight excluding hydrogens is 260 g/mol. The summed E-state index contributed by atoms with van der Waals surface area (Å²) in [5, 5.41) is 3.58. The fourth-order valence-corrected chi connectivity index (χ4v) is 3.68. The van der Waals surface area contributed by atoms with Crippen LogP contribution in [0.15, 0.2) is 30.3 Å². The predicted molar refractivity (Wildman–Crippen MR) is 84.7 cm³/mol. The Bertz CT molecular complexity index is 493. The van der Waals surface area contributed by atoms with Crippen molar-refractivity contribution in [2.75, 3.05) is 0 Å². The molecule has 3 nitrogen and oxygen atoms in total. The lowest BCUT2D eigenvalue weighted by Gasteiger charge is -2.43. The summed E-state index contributed by atoms with van der Waals surface area (Å²) in [5.74, 6) is 1.52. The fourth-order valence-electron chi connectivity index (χ4n) is 3.68. The second-order valence-corrected chi connectivity index (χ2v) is 7.07. The van der Waals surface area contributed by atoms with Crippen LogP contribution in [-0.2, 0) is 11.2 Å². The minimum atomic E-state index is -0.0595. The van der Waals surface area contributed by atoms with E-state index in [1.54, 1.807) is 0 Å². The van der Waals surface area contributed by atoms with Crippen molar-refractivity contribution in [2.24, 2.45) is 11.8 Å². The zero-order valence-electron chi connectivity index (χ0n) is 13.3. The van der Waals surface area contributed by atoms with Gasteiger partial charge in [-0.3, -0.25) is 10.1 Å². The zero-order chi connectivity index (χ0) is 15.0. The van der Waals surface area contributed by atoms with Gasteiger partial charge in [0.05, 0.1) is 12.2 Å².